The largest absolute Gasteiger partial charge is 0.481 e. The molecule has 0 spiro atoms. The van der Waals surface area contributed by atoms with Crippen molar-refractivity contribution >= 4 is 5.97 Å². The highest BCUT2D eigenvalue weighted by Gasteiger charge is 2.58. The maximum absolute atomic E-state index is 11.3. The second-order valence-corrected chi connectivity index (χ2v) is 5.49. The van der Waals surface area contributed by atoms with E-state index in [2.05, 4.69) is 12.2 Å². The van der Waals surface area contributed by atoms with Crippen molar-refractivity contribution in [2.75, 3.05) is 6.54 Å². The van der Waals surface area contributed by atoms with Crippen molar-refractivity contribution in [1.29, 1.82) is 0 Å². The van der Waals surface area contributed by atoms with Gasteiger partial charge in [-0.05, 0) is 25.2 Å². The first-order valence-electron chi connectivity index (χ1n) is 6.66. The highest BCUT2D eigenvalue weighted by Crippen LogP contribution is 2.54. The van der Waals surface area contributed by atoms with Crippen molar-refractivity contribution in [2.24, 2.45) is 11.3 Å². The van der Waals surface area contributed by atoms with Crippen LogP contribution < -0.4 is 5.32 Å². The van der Waals surface area contributed by atoms with E-state index in [-0.39, 0.29) is 0 Å². The maximum Gasteiger partial charge on any atom is 0.311 e. The summed E-state index contributed by atoms with van der Waals surface area (Å²) in [7, 11) is 0. The average Bonchev–Trinajstić information content (AvgIpc) is 3.03. The van der Waals surface area contributed by atoms with Crippen LogP contribution in [-0.4, -0.2) is 23.7 Å². The Kier molecular flexibility index (Phi) is 3.53. The molecule has 2 N–H and O–H groups in total. The third-order valence-electron chi connectivity index (χ3n) is 4.46. The van der Waals surface area contributed by atoms with Gasteiger partial charge in [0.1, 0.15) is 0 Å². The van der Waals surface area contributed by atoms with E-state index in [1.165, 1.54) is 32.1 Å². The van der Waals surface area contributed by atoms with E-state index in [1.807, 2.05) is 0 Å². The zero-order valence-electron chi connectivity index (χ0n) is 10.2. The zero-order chi connectivity index (χ0) is 11.6. The van der Waals surface area contributed by atoms with Crippen molar-refractivity contribution in [2.45, 2.75) is 57.9 Å². The molecule has 0 saturated heterocycles. The summed E-state index contributed by atoms with van der Waals surface area (Å²) in [6, 6.07) is 0.572. The molecule has 2 rings (SSSR count). The molecule has 0 aromatic heterocycles. The van der Waals surface area contributed by atoms with Gasteiger partial charge >= 0.3 is 5.97 Å². The Bertz CT molecular complexity index is 261. The molecule has 0 radical (unpaired) electrons. The van der Waals surface area contributed by atoms with Gasteiger partial charge in [0.2, 0.25) is 0 Å². The van der Waals surface area contributed by atoms with Crippen LogP contribution in [0.2, 0.25) is 0 Å². The van der Waals surface area contributed by atoms with Crippen LogP contribution in [0.1, 0.15) is 51.9 Å². The predicted octanol–water partition coefficient (Wildman–Crippen LogP) is 2.41. The average molecular weight is 225 g/mol. The Morgan fingerprint density at radius 2 is 2.06 bits per heavy atom. The van der Waals surface area contributed by atoms with Gasteiger partial charge in [0.25, 0.3) is 0 Å². The van der Waals surface area contributed by atoms with Crippen LogP contribution in [0.3, 0.4) is 0 Å². The van der Waals surface area contributed by atoms with Gasteiger partial charge in [-0.3, -0.25) is 4.79 Å². The van der Waals surface area contributed by atoms with Crippen molar-refractivity contribution in [1.82, 2.24) is 5.32 Å². The lowest BCUT2D eigenvalue weighted by Gasteiger charge is -2.25. The molecule has 2 saturated carbocycles. The van der Waals surface area contributed by atoms with Crippen LogP contribution in [0.5, 0.6) is 0 Å². The molecule has 2 unspecified atom stereocenters. The van der Waals surface area contributed by atoms with Crippen LogP contribution in [-0.2, 0) is 4.79 Å². The first-order chi connectivity index (χ1) is 7.69. The van der Waals surface area contributed by atoms with Gasteiger partial charge < -0.3 is 10.4 Å². The summed E-state index contributed by atoms with van der Waals surface area (Å²) >= 11 is 0. The van der Waals surface area contributed by atoms with E-state index >= 15 is 0 Å². The molecule has 2 fully saturated rings. The standard InChI is InChI=1S/C13H23NO2/c1-2-10-8-13(10,12(15)16)9-14-11-6-4-3-5-7-11/h10-11,14H,2-9H2,1H3,(H,15,16). The first kappa shape index (κ1) is 11.9. The van der Waals surface area contributed by atoms with Gasteiger partial charge in [-0.2, -0.15) is 0 Å². The van der Waals surface area contributed by atoms with Crippen LogP contribution in [0.15, 0.2) is 0 Å². The SMILES string of the molecule is CCC1CC1(CNC1CCCCC1)C(=O)O. The fraction of sp³-hybridized carbons (Fsp3) is 0.923. The molecule has 92 valence electrons. The Morgan fingerprint density at radius 3 is 2.56 bits per heavy atom. The minimum Gasteiger partial charge on any atom is -0.481 e. The van der Waals surface area contributed by atoms with Crippen LogP contribution in [0.4, 0.5) is 0 Å². The molecular weight excluding hydrogens is 202 g/mol. The van der Waals surface area contributed by atoms with Gasteiger partial charge in [0, 0.05) is 12.6 Å². The molecule has 0 aromatic rings. The van der Waals surface area contributed by atoms with E-state index in [9.17, 15) is 9.90 Å². The lowest BCUT2D eigenvalue weighted by atomic mass is 9.94. The van der Waals surface area contributed by atoms with Crippen LogP contribution >= 0.6 is 0 Å². The first-order valence-corrected chi connectivity index (χ1v) is 6.66. The normalized spacial score (nSPS) is 34.9. The Morgan fingerprint density at radius 1 is 1.38 bits per heavy atom. The number of hydrogen-bond acceptors (Lipinski definition) is 2. The molecule has 2 aliphatic carbocycles. The number of nitrogens with one attached hydrogen (secondary N) is 1. The highest BCUT2D eigenvalue weighted by atomic mass is 16.4. The number of carboxylic acids is 1. The molecule has 16 heavy (non-hydrogen) atoms. The number of aliphatic carboxylic acids is 1. The summed E-state index contributed by atoms with van der Waals surface area (Å²) < 4.78 is 0. The van der Waals surface area contributed by atoms with Crippen molar-refractivity contribution in [3.63, 3.8) is 0 Å². The molecule has 2 atom stereocenters. The molecule has 0 amide bonds. The topological polar surface area (TPSA) is 49.3 Å². The number of carbonyl (C=O) groups is 1. The number of hydrogen-bond donors (Lipinski definition) is 2. The summed E-state index contributed by atoms with van der Waals surface area (Å²) in [4.78, 5) is 11.3. The predicted molar refractivity (Wildman–Crippen MR) is 63.3 cm³/mol. The summed E-state index contributed by atoms with van der Waals surface area (Å²) in [5.74, 6) is -0.191. The summed E-state index contributed by atoms with van der Waals surface area (Å²) in [5.41, 5.74) is -0.424. The van der Waals surface area contributed by atoms with E-state index in [1.54, 1.807) is 0 Å². The van der Waals surface area contributed by atoms with Gasteiger partial charge in [0.15, 0.2) is 0 Å². The molecule has 0 bridgehead atoms. The number of carboxylic acid groups (broad SMARTS) is 1. The molecule has 0 heterocycles. The zero-order valence-corrected chi connectivity index (χ0v) is 10.2. The van der Waals surface area contributed by atoms with E-state index in [0.717, 1.165) is 12.8 Å². The van der Waals surface area contributed by atoms with Crippen molar-refractivity contribution in [3.05, 3.63) is 0 Å². The lowest BCUT2D eigenvalue weighted by Crippen LogP contribution is -2.39. The Balaban J connectivity index is 1.81. The Hall–Kier alpha value is -0.570. The van der Waals surface area contributed by atoms with Gasteiger partial charge in [-0.1, -0.05) is 32.6 Å². The minimum absolute atomic E-state index is 0.404. The van der Waals surface area contributed by atoms with E-state index in [4.69, 9.17) is 0 Å². The minimum atomic E-state index is -0.595. The van der Waals surface area contributed by atoms with Crippen LogP contribution in [0, 0.1) is 11.3 Å². The van der Waals surface area contributed by atoms with E-state index < -0.39 is 11.4 Å². The second kappa shape index (κ2) is 4.74. The summed E-state index contributed by atoms with van der Waals surface area (Å²) in [6.45, 7) is 2.78. The lowest BCUT2D eigenvalue weighted by molar-refractivity contribution is -0.143. The molecular formula is C13H23NO2. The molecule has 3 heteroatoms. The fourth-order valence-electron chi connectivity index (χ4n) is 3.10. The smallest absolute Gasteiger partial charge is 0.311 e. The fourth-order valence-corrected chi connectivity index (χ4v) is 3.10. The van der Waals surface area contributed by atoms with Gasteiger partial charge in [-0.25, -0.2) is 0 Å². The molecule has 3 nitrogen and oxygen atoms in total. The quantitative estimate of drug-likeness (QED) is 0.755. The summed E-state index contributed by atoms with van der Waals surface area (Å²) in [6.07, 6.45) is 8.28. The molecule has 0 aromatic carbocycles. The molecule has 2 aliphatic rings. The highest BCUT2D eigenvalue weighted by molar-refractivity contribution is 5.79. The monoisotopic (exact) mass is 225 g/mol. The van der Waals surface area contributed by atoms with E-state index in [0.29, 0.717) is 18.5 Å². The van der Waals surface area contributed by atoms with Crippen molar-refractivity contribution in [3.8, 4) is 0 Å². The van der Waals surface area contributed by atoms with Crippen LogP contribution in [0.25, 0.3) is 0 Å². The summed E-state index contributed by atoms with van der Waals surface area (Å²) in [5, 5.41) is 12.8. The number of rotatable bonds is 5. The van der Waals surface area contributed by atoms with Gasteiger partial charge in [0.05, 0.1) is 5.41 Å². The van der Waals surface area contributed by atoms with Gasteiger partial charge in [-0.15, -0.1) is 0 Å². The Labute approximate surface area is 97.6 Å². The van der Waals surface area contributed by atoms with Crippen molar-refractivity contribution < 1.29 is 9.90 Å². The molecule has 0 aliphatic heterocycles. The second-order valence-electron chi connectivity index (χ2n) is 5.49. The maximum atomic E-state index is 11.3. The third kappa shape index (κ3) is 2.24. The third-order valence-corrected chi connectivity index (χ3v) is 4.46.